The second-order valence-corrected chi connectivity index (χ2v) is 7.04. The minimum atomic E-state index is 0.470. The highest BCUT2D eigenvalue weighted by atomic mass is 14.4. The Bertz CT molecular complexity index is 916. The highest BCUT2D eigenvalue weighted by Gasteiger charge is 2.34. The van der Waals surface area contributed by atoms with Gasteiger partial charge in [-0.1, -0.05) is 91.4 Å². The molecule has 0 fully saturated rings. The van der Waals surface area contributed by atoms with E-state index >= 15 is 0 Å². The SMILES string of the molecule is CC(C1=Cc2ccccc2C1)C1c2ccccc2-c2ccccc21. The van der Waals surface area contributed by atoms with Crippen LogP contribution in [0.4, 0.5) is 0 Å². The monoisotopic (exact) mass is 308 g/mol. The van der Waals surface area contributed by atoms with Gasteiger partial charge in [-0.25, -0.2) is 0 Å². The van der Waals surface area contributed by atoms with Crippen LogP contribution in [0, 0.1) is 5.92 Å². The summed E-state index contributed by atoms with van der Waals surface area (Å²) in [5.74, 6) is 0.986. The molecule has 0 radical (unpaired) electrons. The topological polar surface area (TPSA) is 0 Å². The van der Waals surface area contributed by atoms with Crippen molar-refractivity contribution in [3.05, 3.63) is 101 Å². The summed E-state index contributed by atoms with van der Waals surface area (Å²) in [6.45, 7) is 2.40. The molecule has 0 heterocycles. The molecule has 0 spiro atoms. The summed E-state index contributed by atoms with van der Waals surface area (Å²) in [7, 11) is 0. The molecule has 0 amide bonds. The van der Waals surface area contributed by atoms with Crippen molar-refractivity contribution < 1.29 is 0 Å². The van der Waals surface area contributed by atoms with E-state index in [0.29, 0.717) is 11.8 Å². The van der Waals surface area contributed by atoms with Crippen molar-refractivity contribution in [1.29, 1.82) is 0 Å². The summed E-state index contributed by atoms with van der Waals surface area (Å²) in [5.41, 5.74) is 10.2. The van der Waals surface area contributed by atoms with E-state index in [1.807, 2.05) is 0 Å². The molecule has 0 N–H and O–H groups in total. The molecule has 1 unspecified atom stereocenters. The Hall–Kier alpha value is -2.60. The predicted octanol–water partition coefficient (Wildman–Crippen LogP) is 6.07. The summed E-state index contributed by atoms with van der Waals surface area (Å²) in [4.78, 5) is 0. The number of fused-ring (bicyclic) bond motifs is 4. The van der Waals surface area contributed by atoms with E-state index in [-0.39, 0.29) is 0 Å². The molecule has 5 rings (SSSR count). The lowest BCUT2D eigenvalue weighted by molar-refractivity contribution is 0.594. The molecule has 3 aromatic carbocycles. The summed E-state index contributed by atoms with van der Waals surface area (Å²) in [5, 5.41) is 0. The fourth-order valence-electron chi connectivity index (χ4n) is 4.55. The zero-order valence-electron chi connectivity index (χ0n) is 13.9. The van der Waals surface area contributed by atoms with Crippen LogP contribution in [0.1, 0.15) is 35.1 Å². The number of hydrogen-bond acceptors (Lipinski definition) is 0. The smallest absolute Gasteiger partial charge is 0.0165 e. The Kier molecular flexibility index (Phi) is 2.99. The van der Waals surface area contributed by atoms with Gasteiger partial charge in [0.05, 0.1) is 0 Å². The third-order valence-corrected chi connectivity index (χ3v) is 5.76. The van der Waals surface area contributed by atoms with Gasteiger partial charge in [-0.3, -0.25) is 0 Å². The predicted molar refractivity (Wildman–Crippen MR) is 101 cm³/mol. The lowest BCUT2D eigenvalue weighted by atomic mass is 9.80. The van der Waals surface area contributed by atoms with Gasteiger partial charge in [0.15, 0.2) is 0 Å². The van der Waals surface area contributed by atoms with Crippen molar-refractivity contribution in [2.24, 2.45) is 5.92 Å². The molecule has 0 aromatic heterocycles. The van der Waals surface area contributed by atoms with Crippen LogP contribution in [0.15, 0.2) is 78.4 Å². The Balaban J connectivity index is 1.60. The summed E-state index contributed by atoms with van der Waals surface area (Å²) >= 11 is 0. The maximum Gasteiger partial charge on any atom is 0.0165 e. The number of benzene rings is 3. The van der Waals surface area contributed by atoms with Crippen LogP contribution in [-0.2, 0) is 6.42 Å². The summed E-state index contributed by atoms with van der Waals surface area (Å²) in [6.07, 6.45) is 3.52. The van der Waals surface area contributed by atoms with E-state index in [4.69, 9.17) is 0 Å². The molecule has 0 saturated carbocycles. The molecule has 2 aliphatic carbocycles. The molecule has 1 atom stereocenters. The third-order valence-electron chi connectivity index (χ3n) is 5.76. The fourth-order valence-corrected chi connectivity index (χ4v) is 4.55. The largest absolute Gasteiger partial charge is 0.0619 e. The Morgan fingerprint density at radius 3 is 2.00 bits per heavy atom. The Labute approximate surface area is 143 Å². The number of rotatable bonds is 2. The van der Waals surface area contributed by atoms with Crippen molar-refractivity contribution in [3.8, 4) is 11.1 Å². The second-order valence-electron chi connectivity index (χ2n) is 7.04. The average molecular weight is 308 g/mol. The first kappa shape index (κ1) is 13.8. The maximum atomic E-state index is 2.42. The van der Waals surface area contributed by atoms with Crippen molar-refractivity contribution in [1.82, 2.24) is 0 Å². The Morgan fingerprint density at radius 2 is 1.33 bits per heavy atom. The van der Waals surface area contributed by atoms with Gasteiger partial charge >= 0.3 is 0 Å². The van der Waals surface area contributed by atoms with Gasteiger partial charge in [-0.05, 0) is 45.7 Å². The van der Waals surface area contributed by atoms with Gasteiger partial charge < -0.3 is 0 Å². The highest BCUT2D eigenvalue weighted by Crippen LogP contribution is 2.50. The first-order valence-electron chi connectivity index (χ1n) is 8.79. The van der Waals surface area contributed by atoms with Crippen LogP contribution >= 0.6 is 0 Å². The molecule has 0 nitrogen and oxygen atoms in total. The average Bonchev–Trinajstić information content (AvgIpc) is 3.20. The van der Waals surface area contributed by atoms with Crippen LogP contribution in [0.3, 0.4) is 0 Å². The maximum absolute atomic E-state index is 2.42. The molecule has 24 heavy (non-hydrogen) atoms. The molecule has 0 heteroatoms. The van der Waals surface area contributed by atoms with Crippen LogP contribution < -0.4 is 0 Å². The molecule has 3 aromatic rings. The second kappa shape index (κ2) is 5.21. The van der Waals surface area contributed by atoms with Crippen LogP contribution in [0.25, 0.3) is 17.2 Å². The van der Waals surface area contributed by atoms with Crippen LogP contribution in [0.2, 0.25) is 0 Å². The van der Waals surface area contributed by atoms with Gasteiger partial charge in [-0.2, -0.15) is 0 Å². The van der Waals surface area contributed by atoms with Gasteiger partial charge in [0, 0.05) is 5.92 Å². The molecule has 2 aliphatic rings. The summed E-state index contributed by atoms with van der Waals surface area (Å²) < 4.78 is 0. The van der Waals surface area contributed by atoms with Crippen LogP contribution in [0.5, 0.6) is 0 Å². The standard InChI is InChI=1S/C24H20/c1-16(19-14-17-8-2-3-9-18(17)15-19)24-22-12-6-4-10-20(22)21-11-5-7-13-23(21)24/h2-14,16,24H,15H2,1H3. The highest BCUT2D eigenvalue weighted by molar-refractivity contribution is 5.79. The number of allylic oxidation sites excluding steroid dienone is 1. The minimum Gasteiger partial charge on any atom is -0.0619 e. The molecule has 0 aliphatic heterocycles. The molecule has 116 valence electrons. The zero-order chi connectivity index (χ0) is 16.1. The zero-order valence-corrected chi connectivity index (χ0v) is 13.9. The Morgan fingerprint density at radius 1 is 0.750 bits per heavy atom. The number of hydrogen-bond donors (Lipinski definition) is 0. The quantitative estimate of drug-likeness (QED) is 0.538. The van der Waals surface area contributed by atoms with E-state index in [9.17, 15) is 0 Å². The van der Waals surface area contributed by atoms with E-state index in [1.54, 1.807) is 5.57 Å². The van der Waals surface area contributed by atoms with Gasteiger partial charge in [0.25, 0.3) is 0 Å². The van der Waals surface area contributed by atoms with E-state index in [2.05, 4.69) is 85.8 Å². The lowest BCUT2D eigenvalue weighted by Crippen LogP contribution is -2.11. The van der Waals surface area contributed by atoms with Crippen molar-refractivity contribution in [2.75, 3.05) is 0 Å². The first-order chi connectivity index (χ1) is 11.8. The fraction of sp³-hybridized carbons (Fsp3) is 0.167. The molecule has 0 bridgehead atoms. The van der Waals surface area contributed by atoms with Crippen molar-refractivity contribution >= 4 is 6.08 Å². The minimum absolute atomic E-state index is 0.470. The van der Waals surface area contributed by atoms with E-state index in [0.717, 1.165) is 6.42 Å². The lowest BCUT2D eigenvalue weighted by Gasteiger charge is -2.23. The normalized spacial score (nSPS) is 16.3. The summed E-state index contributed by atoms with van der Waals surface area (Å²) in [6, 6.07) is 26.7. The van der Waals surface area contributed by atoms with E-state index < -0.39 is 0 Å². The van der Waals surface area contributed by atoms with Gasteiger partial charge in [-0.15, -0.1) is 0 Å². The van der Waals surface area contributed by atoms with E-state index in [1.165, 1.54) is 33.4 Å². The van der Waals surface area contributed by atoms with Crippen LogP contribution in [-0.4, -0.2) is 0 Å². The van der Waals surface area contributed by atoms with Crippen molar-refractivity contribution in [2.45, 2.75) is 19.3 Å². The molecular weight excluding hydrogens is 288 g/mol. The van der Waals surface area contributed by atoms with Gasteiger partial charge in [0.1, 0.15) is 0 Å². The molecule has 0 saturated heterocycles. The molecular formula is C24H20. The third kappa shape index (κ3) is 1.93. The first-order valence-corrected chi connectivity index (χ1v) is 8.79. The van der Waals surface area contributed by atoms with Gasteiger partial charge in [0.2, 0.25) is 0 Å². The van der Waals surface area contributed by atoms with Crippen molar-refractivity contribution in [3.63, 3.8) is 0 Å².